The monoisotopic (exact) mass is 462 g/mol. The summed E-state index contributed by atoms with van der Waals surface area (Å²) in [4.78, 5) is 30.3. The molecular weight excluding hydrogens is 436 g/mol. The van der Waals surface area contributed by atoms with Crippen LogP contribution in [0.25, 0.3) is 0 Å². The summed E-state index contributed by atoms with van der Waals surface area (Å²) in [6.07, 6.45) is 0. The molecule has 1 atom stereocenters. The molecule has 0 unspecified atom stereocenters. The molecule has 1 aromatic heterocycles. The number of rotatable bonds is 9. The van der Waals surface area contributed by atoms with E-state index in [1.54, 1.807) is 22.4 Å². The molecule has 0 saturated carbocycles. The smallest absolute Gasteiger partial charge is 0.290 e. The Kier molecular flexibility index (Phi) is 6.91. The van der Waals surface area contributed by atoms with Crippen LogP contribution in [0.15, 0.2) is 83.4 Å². The second-order valence-corrected chi connectivity index (χ2v) is 9.07. The maximum absolute atomic E-state index is 13.3. The molecule has 3 aromatic rings. The van der Waals surface area contributed by atoms with Crippen molar-refractivity contribution in [1.82, 2.24) is 9.80 Å². The van der Waals surface area contributed by atoms with Crippen molar-refractivity contribution >= 4 is 23.0 Å². The second kappa shape index (κ2) is 10.0. The van der Waals surface area contributed by atoms with E-state index in [0.29, 0.717) is 30.3 Å². The van der Waals surface area contributed by atoms with Crippen LogP contribution in [-0.2, 0) is 11.4 Å². The van der Waals surface area contributed by atoms with Gasteiger partial charge in [-0.1, -0.05) is 48.5 Å². The third-order valence-electron chi connectivity index (χ3n) is 5.50. The summed E-state index contributed by atoms with van der Waals surface area (Å²) in [5.41, 5.74) is 1.87. The van der Waals surface area contributed by atoms with Gasteiger partial charge in [-0.3, -0.25) is 9.59 Å². The molecule has 0 bridgehead atoms. The second-order valence-electron chi connectivity index (χ2n) is 8.12. The number of hydrogen-bond acceptors (Lipinski definition) is 6. The van der Waals surface area contributed by atoms with Crippen LogP contribution >= 0.6 is 11.3 Å². The number of aliphatic hydroxyl groups excluding tert-OH is 1. The Morgan fingerprint density at radius 2 is 1.88 bits per heavy atom. The zero-order valence-electron chi connectivity index (χ0n) is 18.6. The Hall–Kier alpha value is -3.42. The van der Waals surface area contributed by atoms with Crippen molar-refractivity contribution in [1.29, 1.82) is 0 Å². The third-order valence-corrected chi connectivity index (χ3v) is 6.37. The fourth-order valence-electron chi connectivity index (χ4n) is 3.83. The Bertz CT molecular complexity index is 1160. The van der Waals surface area contributed by atoms with Crippen LogP contribution in [0.5, 0.6) is 5.75 Å². The fraction of sp³-hybridized carbons (Fsp3) is 0.231. The van der Waals surface area contributed by atoms with E-state index in [4.69, 9.17) is 4.74 Å². The van der Waals surface area contributed by atoms with E-state index in [1.807, 2.05) is 73.6 Å². The predicted molar refractivity (Wildman–Crippen MR) is 129 cm³/mol. The van der Waals surface area contributed by atoms with Gasteiger partial charge in [-0.25, -0.2) is 0 Å². The van der Waals surface area contributed by atoms with Gasteiger partial charge in [0.25, 0.3) is 5.91 Å². The molecule has 2 aromatic carbocycles. The SMILES string of the molecule is CN(C)CCN1C(=O)C(O)=C(C(=O)c2cccs2)[C@@H]1c1cccc(OCc2ccccc2)c1. The van der Waals surface area contributed by atoms with Crippen molar-refractivity contribution < 1.29 is 19.4 Å². The molecule has 0 saturated heterocycles. The number of thiophene rings is 1. The van der Waals surface area contributed by atoms with Crippen molar-refractivity contribution in [2.45, 2.75) is 12.6 Å². The van der Waals surface area contributed by atoms with Crippen molar-refractivity contribution in [3.63, 3.8) is 0 Å². The van der Waals surface area contributed by atoms with Gasteiger partial charge < -0.3 is 19.6 Å². The van der Waals surface area contributed by atoms with Gasteiger partial charge >= 0.3 is 0 Å². The topological polar surface area (TPSA) is 70.1 Å². The van der Waals surface area contributed by atoms with Crippen LogP contribution in [0.3, 0.4) is 0 Å². The first-order chi connectivity index (χ1) is 16.0. The molecule has 33 heavy (non-hydrogen) atoms. The number of Topliss-reactive ketones (excluding diaryl/α,β-unsaturated/α-hetero) is 1. The van der Waals surface area contributed by atoms with E-state index in [-0.39, 0.29) is 11.4 Å². The first-order valence-corrected chi connectivity index (χ1v) is 11.6. The normalized spacial score (nSPS) is 16.0. The highest BCUT2D eigenvalue weighted by Crippen LogP contribution is 2.40. The first-order valence-electron chi connectivity index (χ1n) is 10.7. The lowest BCUT2D eigenvalue weighted by molar-refractivity contribution is -0.129. The molecule has 0 aliphatic carbocycles. The van der Waals surface area contributed by atoms with Crippen molar-refractivity contribution in [3.8, 4) is 5.75 Å². The molecule has 2 heterocycles. The Morgan fingerprint density at radius 3 is 2.58 bits per heavy atom. The Labute approximate surface area is 197 Å². The number of nitrogens with zero attached hydrogens (tertiary/aromatic N) is 2. The average molecular weight is 463 g/mol. The molecule has 1 N–H and O–H groups in total. The number of carbonyl (C=O) groups is 2. The summed E-state index contributed by atoms with van der Waals surface area (Å²) in [6.45, 7) is 1.37. The third kappa shape index (κ3) is 4.99. The highest BCUT2D eigenvalue weighted by Gasteiger charge is 2.43. The number of hydrogen-bond donors (Lipinski definition) is 1. The van der Waals surface area contributed by atoms with Gasteiger partial charge in [0, 0.05) is 13.1 Å². The Balaban J connectivity index is 1.67. The van der Waals surface area contributed by atoms with Crippen LogP contribution in [0.1, 0.15) is 26.8 Å². The van der Waals surface area contributed by atoms with E-state index in [2.05, 4.69) is 0 Å². The number of likely N-dealkylation sites (N-methyl/N-ethyl adjacent to an activating group) is 1. The molecular formula is C26H26N2O4S. The molecule has 170 valence electrons. The van der Waals surface area contributed by atoms with Gasteiger partial charge in [-0.05, 0) is 48.8 Å². The van der Waals surface area contributed by atoms with Gasteiger partial charge in [0.15, 0.2) is 5.76 Å². The molecule has 0 fully saturated rings. The summed E-state index contributed by atoms with van der Waals surface area (Å²) in [5, 5.41) is 12.5. The number of carbonyl (C=O) groups excluding carboxylic acids is 2. The molecule has 1 aliphatic rings. The molecule has 6 nitrogen and oxygen atoms in total. The molecule has 0 radical (unpaired) electrons. The molecule has 7 heteroatoms. The minimum Gasteiger partial charge on any atom is -0.503 e. The lowest BCUT2D eigenvalue weighted by atomic mass is 9.95. The summed E-state index contributed by atoms with van der Waals surface area (Å²) in [7, 11) is 3.83. The highest BCUT2D eigenvalue weighted by molar-refractivity contribution is 7.12. The van der Waals surface area contributed by atoms with Crippen LogP contribution in [-0.4, -0.2) is 53.8 Å². The van der Waals surface area contributed by atoms with E-state index in [1.165, 1.54) is 11.3 Å². The van der Waals surface area contributed by atoms with Gasteiger partial charge in [0.1, 0.15) is 12.4 Å². The zero-order chi connectivity index (χ0) is 23.4. The summed E-state index contributed by atoms with van der Waals surface area (Å²) < 4.78 is 5.97. The summed E-state index contributed by atoms with van der Waals surface area (Å²) in [5.74, 6) is -0.709. The minimum absolute atomic E-state index is 0.112. The summed E-state index contributed by atoms with van der Waals surface area (Å²) in [6, 6.07) is 20.0. The zero-order valence-corrected chi connectivity index (χ0v) is 19.4. The Morgan fingerprint density at radius 1 is 1.09 bits per heavy atom. The average Bonchev–Trinajstić information content (AvgIpc) is 3.44. The lowest BCUT2D eigenvalue weighted by Crippen LogP contribution is -2.36. The van der Waals surface area contributed by atoms with Gasteiger partial charge in [0.05, 0.1) is 16.5 Å². The first kappa shape index (κ1) is 22.8. The standard InChI is InChI=1S/C26H26N2O4S/c1-27(2)13-14-28-23(22(25(30)26(28)31)24(29)21-12-7-15-33-21)19-10-6-11-20(16-19)32-17-18-8-4-3-5-9-18/h3-12,15-16,23,30H,13-14,17H2,1-2H3/t23-/m0/s1. The quantitative estimate of drug-likeness (QED) is 0.475. The molecule has 1 amide bonds. The fourth-order valence-corrected chi connectivity index (χ4v) is 4.50. The number of amides is 1. The summed E-state index contributed by atoms with van der Waals surface area (Å²) >= 11 is 1.29. The van der Waals surface area contributed by atoms with E-state index in [9.17, 15) is 14.7 Å². The number of benzene rings is 2. The molecule has 0 spiro atoms. The number of ketones is 1. The van der Waals surface area contributed by atoms with Gasteiger partial charge in [-0.15, -0.1) is 11.3 Å². The predicted octanol–water partition coefficient (Wildman–Crippen LogP) is 4.47. The van der Waals surface area contributed by atoms with Crippen molar-refractivity contribution in [3.05, 3.63) is 99.4 Å². The van der Waals surface area contributed by atoms with Crippen LogP contribution in [0.2, 0.25) is 0 Å². The van der Waals surface area contributed by atoms with Crippen molar-refractivity contribution in [2.75, 3.05) is 27.2 Å². The number of ether oxygens (including phenoxy) is 1. The van der Waals surface area contributed by atoms with Crippen LogP contribution < -0.4 is 4.74 Å². The van der Waals surface area contributed by atoms with E-state index >= 15 is 0 Å². The molecule has 4 rings (SSSR count). The largest absolute Gasteiger partial charge is 0.503 e. The minimum atomic E-state index is -0.688. The lowest BCUT2D eigenvalue weighted by Gasteiger charge is -2.28. The van der Waals surface area contributed by atoms with Gasteiger partial charge in [-0.2, -0.15) is 0 Å². The van der Waals surface area contributed by atoms with E-state index < -0.39 is 17.7 Å². The van der Waals surface area contributed by atoms with E-state index in [0.717, 1.165) is 11.1 Å². The maximum atomic E-state index is 13.3. The highest BCUT2D eigenvalue weighted by atomic mass is 32.1. The van der Waals surface area contributed by atoms with Crippen LogP contribution in [0, 0.1) is 0 Å². The maximum Gasteiger partial charge on any atom is 0.290 e. The number of aliphatic hydroxyl groups is 1. The molecule has 1 aliphatic heterocycles. The van der Waals surface area contributed by atoms with Crippen molar-refractivity contribution in [2.24, 2.45) is 0 Å². The van der Waals surface area contributed by atoms with Gasteiger partial charge in [0.2, 0.25) is 5.78 Å². The van der Waals surface area contributed by atoms with Crippen LogP contribution in [0.4, 0.5) is 0 Å².